The van der Waals surface area contributed by atoms with E-state index in [4.69, 9.17) is 10.5 Å². The molecule has 0 atom stereocenters. The fourth-order valence-corrected chi connectivity index (χ4v) is 2.13. The maximum Gasteiger partial charge on any atom is 0.303 e. The van der Waals surface area contributed by atoms with Crippen molar-refractivity contribution < 1.29 is 22.7 Å². The molecule has 0 saturated carbocycles. The molecule has 0 unspecified atom stereocenters. The van der Waals surface area contributed by atoms with E-state index in [1.165, 1.54) is 25.3 Å². The van der Waals surface area contributed by atoms with E-state index in [-0.39, 0.29) is 10.6 Å². The molecule has 6 nitrogen and oxygen atoms in total. The van der Waals surface area contributed by atoms with Crippen molar-refractivity contribution in [1.82, 2.24) is 0 Å². The number of carbonyl (C=O) groups excluding carboxylic acids is 1. The van der Waals surface area contributed by atoms with Crippen molar-refractivity contribution in [3.8, 4) is 5.75 Å². The summed E-state index contributed by atoms with van der Waals surface area (Å²) in [6, 6.07) is 4.03. The molecule has 0 spiro atoms. The molecule has 0 bridgehead atoms. The lowest BCUT2D eigenvalue weighted by molar-refractivity contribution is -0.138. The summed E-state index contributed by atoms with van der Waals surface area (Å²) in [5.41, 5.74) is 5.89. The molecule has 2 N–H and O–H groups in total. The third-order valence-corrected chi connectivity index (χ3v) is 3.38. The summed E-state index contributed by atoms with van der Waals surface area (Å²) in [6.45, 7) is 1.14. The first-order valence-corrected chi connectivity index (χ1v) is 6.31. The monoisotopic (exact) mass is 259 g/mol. The van der Waals surface area contributed by atoms with E-state index in [9.17, 15) is 13.2 Å². The average Bonchev–Trinajstić information content (AvgIpc) is 2.27. The molecule has 0 fully saturated rings. The summed E-state index contributed by atoms with van der Waals surface area (Å²) >= 11 is 0. The van der Waals surface area contributed by atoms with Crippen LogP contribution in [0.1, 0.15) is 6.92 Å². The van der Waals surface area contributed by atoms with Crippen LogP contribution in [0.25, 0.3) is 0 Å². The molecule has 1 aromatic rings. The minimum atomic E-state index is -3.68. The Morgan fingerprint density at radius 2 is 2.06 bits per heavy atom. The van der Waals surface area contributed by atoms with Gasteiger partial charge in [0.25, 0.3) is 0 Å². The molecule has 94 valence electrons. The summed E-state index contributed by atoms with van der Waals surface area (Å²) in [5, 5.41) is 0. The van der Waals surface area contributed by atoms with Crippen LogP contribution in [0.3, 0.4) is 0 Å². The molecule has 1 aromatic carbocycles. The Bertz CT molecular complexity index is 523. The van der Waals surface area contributed by atoms with Gasteiger partial charge in [-0.3, -0.25) is 4.79 Å². The third kappa shape index (κ3) is 3.35. The number of nitrogen functional groups attached to an aromatic ring is 1. The van der Waals surface area contributed by atoms with Crippen molar-refractivity contribution in [3.05, 3.63) is 18.2 Å². The zero-order chi connectivity index (χ0) is 13.1. The van der Waals surface area contributed by atoms with Gasteiger partial charge in [0.15, 0.2) is 5.94 Å². The molecule has 0 aliphatic rings. The normalized spacial score (nSPS) is 10.9. The molecular weight excluding hydrogens is 246 g/mol. The van der Waals surface area contributed by atoms with Gasteiger partial charge in [0.1, 0.15) is 5.75 Å². The lowest BCUT2D eigenvalue weighted by atomic mass is 10.3. The van der Waals surface area contributed by atoms with E-state index in [0.29, 0.717) is 5.69 Å². The molecule has 0 radical (unpaired) electrons. The summed E-state index contributed by atoms with van der Waals surface area (Å²) in [4.78, 5) is 10.6. The molecular formula is C10H13NO5S. The summed E-state index contributed by atoms with van der Waals surface area (Å²) in [6.07, 6.45) is 0. The van der Waals surface area contributed by atoms with E-state index in [1.54, 1.807) is 0 Å². The van der Waals surface area contributed by atoms with Crippen molar-refractivity contribution in [2.24, 2.45) is 0 Å². The number of nitrogens with two attached hydrogens (primary N) is 1. The number of sulfone groups is 1. The number of hydrogen-bond acceptors (Lipinski definition) is 6. The Balaban J connectivity index is 3.03. The predicted molar refractivity (Wildman–Crippen MR) is 61.2 cm³/mol. The van der Waals surface area contributed by atoms with Crippen LogP contribution in [0.5, 0.6) is 5.75 Å². The van der Waals surface area contributed by atoms with Gasteiger partial charge in [-0.05, 0) is 12.1 Å². The molecule has 0 heterocycles. The maximum atomic E-state index is 11.7. The first-order chi connectivity index (χ1) is 7.86. The number of carbonyl (C=O) groups is 1. The van der Waals surface area contributed by atoms with Gasteiger partial charge >= 0.3 is 5.97 Å². The van der Waals surface area contributed by atoms with Gasteiger partial charge < -0.3 is 15.2 Å². The molecule has 7 heteroatoms. The molecule has 0 aliphatic heterocycles. The Morgan fingerprint density at radius 1 is 1.41 bits per heavy atom. The molecule has 1 rings (SSSR count). The minimum absolute atomic E-state index is 0.00944. The van der Waals surface area contributed by atoms with E-state index in [2.05, 4.69) is 4.74 Å². The summed E-state index contributed by atoms with van der Waals surface area (Å²) < 4.78 is 32.9. The topological polar surface area (TPSA) is 95.7 Å². The van der Waals surface area contributed by atoms with Crippen LogP contribution in [0, 0.1) is 0 Å². The van der Waals surface area contributed by atoms with E-state index >= 15 is 0 Å². The van der Waals surface area contributed by atoms with Crippen molar-refractivity contribution in [2.45, 2.75) is 11.8 Å². The quantitative estimate of drug-likeness (QED) is 0.627. The van der Waals surface area contributed by atoms with E-state index < -0.39 is 21.7 Å². The lowest BCUT2D eigenvalue weighted by Gasteiger charge is -2.08. The Kier molecular flexibility index (Phi) is 3.95. The van der Waals surface area contributed by atoms with Crippen LogP contribution in [0.15, 0.2) is 23.1 Å². The standard InChI is InChI=1S/C10H13NO5S/c1-7(12)16-6-17(13,14)8-3-4-9(11)10(5-8)15-2/h3-5H,6,11H2,1-2H3. The van der Waals surface area contributed by atoms with Crippen LogP contribution in [0.2, 0.25) is 0 Å². The highest BCUT2D eigenvalue weighted by Crippen LogP contribution is 2.25. The second-order valence-electron chi connectivity index (χ2n) is 3.27. The van der Waals surface area contributed by atoms with Crippen molar-refractivity contribution >= 4 is 21.5 Å². The van der Waals surface area contributed by atoms with Crippen LogP contribution >= 0.6 is 0 Å². The number of benzene rings is 1. The molecule has 0 aromatic heterocycles. The van der Waals surface area contributed by atoms with Gasteiger partial charge in [0, 0.05) is 13.0 Å². The first kappa shape index (κ1) is 13.3. The molecule has 0 amide bonds. The van der Waals surface area contributed by atoms with Gasteiger partial charge in [-0.1, -0.05) is 0 Å². The van der Waals surface area contributed by atoms with Gasteiger partial charge in [-0.15, -0.1) is 0 Å². The van der Waals surface area contributed by atoms with Crippen molar-refractivity contribution in [3.63, 3.8) is 0 Å². The Labute approximate surface area is 99.2 Å². The molecule has 0 saturated heterocycles. The van der Waals surface area contributed by atoms with Crippen molar-refractivity contribution in [1.29, 1.82) is 0 Å². The second kappa shape index (κ2) is 5.05. The van der Waals surface area contributed by atoms with Gasteiger partial charge in [-0.25, -0.2) is 8.42 Å². The largest absolute Gasteiger partial charge is 0.495 e. The van der Waals surface area contributed by atoms with Gasteiger partial charge in [0.2, 0.25) is 9.84 Å². The van der Waals surface area contributed by atoms with Crippen LogP contribution in [-0.4, -0.2) is 27.4 Å². The average molecular weight is 259 g/mol. The highest BCUT2D eigenvalue weighted by atomic mass is 32.2. The third-order valence-electron chi connectivity index (χ3n) is 1.98. The van der Waals surface area contributed by atoms with Crippen LogP contribution in [-0.2, 0) is 19.4 Å². The number of anilines is 1. The number of methoxy groups -OCH3 is 1. The van der Waals surface area contributed by atoms with Crippen molar-refractivity contribution in [2.75, 3.05) is 18.8 Å². The van der Waals surface area contributed by atoms with Gasteiger partial charge in [-0.2, -0.15) is 0 Å². The van der Waals surface area contributed by atoms with Crippen LogP contribution < -0.4 is 10.5 Å². The lowest BCUT2D eigenvalue weighted by Crippen LogP contribution is -2.13. The number of ether oxygens (including phenoxy) is 2. The molecule has 0 aliphatic carbocycles. The van der Waals surface area contributed by atoms with Crippen LogP contribution in [0.4, 0.5) is 5.69 Å². The number of esters is 1. The zero-order valence-electron chi connectivity index (χ0n) is 9.47. The van der Waals surface area contributed by atoms with Gasteiger partial charge in [0.05, 0.1) is 17.7 Å². The zero-order valence-corrected chi connectivity index (χ0v) is 10.3. The Morgan fingerprint density at radius 3 is 2.59 bits per heavy atom. The fraction of sp³-hybridized carbons (Fsp3) is 0.300. The van der Waals surface area contributed by atoms with E-state index in [1.807, 2.05) is 0 Å². The maximum absolute atomic E-state index is 11.7. The SMILES string of the molecule is COc1cc(S(=O)(=O)COC(C)=O)ccc1N. The fourth-order valence-electron chi connectivity index (χ4n) is 1.11. The number of hydrogen-bond donors (Lipinski definition) is 1. The Hall–Kier alpha value is -1.76. The highest BCUT2D eigenvalue weighted by Gasteiger charge is 2.17. The minimum Gasteiger partial charge on any atom is -0.495 e. The summed E-state index contributed by atoms with van der Waals surface area (Å²) in [7, 11) is -2.30. The van der Waals surface area contributed by atoms with E-state index in [0.717, 1.165) is 6.92 Å². The number of rotatable bonds is 4. The smallest absolute Gasteiger partial charge is 0.303 e. The predicted octanol–water partition coefficient (Wildman–Crippen LogP) is 0.572. The first-order valence-electron chi connectivity index (χ1n) is 4.66. The molecule has 17 heavy (non-hydrogen) atoms. The highest BCUT2D eigenvalue weighted by molar-refractivity contribution is 7.91. The summed E-state index contributed by atoms with van der Waals surface area (Å²) in [5.74, 6) is -1.10. The second-order valence-corrected chi connectivity index (χ2v) is 5.21.